The highest BCUT2D eigenvalue weighted by molar-refractivity contribution is 5.89. The number of aryl methyl sites for hydroxylation is 2. The molecule has 6 nitrogen and oxygen atoms in total. The summed E-state index contributed by atoms with van der Waals surface area (Å²) in [5.41, 5.74) is 4.74. The van der Waals surface area contributed by atoms with Crippen LogP contribution in [0.4, 0.5) is 0 Å². The summed E-state index contributed by atoms with van der Waals surface area (Å²) in [6.45, 7) is 4.33. The molecule has 0 fully saturated rings. The van der Waals surface area contributed by atoms with Gasteiger partial charge >= 0.3 is 5.97 Å². The highest BCUT2D eigenvalue weighted by Gasteiger charge is 2.17. The second kappa shape index (κ2) is 10.7. The predicted molar refractivity (Wildman–Crippen MR) is 134 cm³/mol. The molecule has 0 radical (unpaired) electrons. The van der Waals surface area contributed by atoms with Crippen LogP contribution in [0.3, 0.4) is 0 Å². The van der Waals surface area contributed by atoms with E-state index in [-0.39, 0.29) is 12.2 Å². The number of carboxylic acids is 1. The third-order valence-corrected chi connectivity index (χ3v) is 5.61. The van der Waals surface area contributed by atoms with E-state index in [9.17, 15) is 9.90 Å². The molecule has 0 aliphatic carbocycles. The Bertz CT molecular complexity index is 1330. The van der Waals surface area contributed by atoms with Gasteiger partial charge in [-0.25, -0.2) is 9.78 Å². The number of carboxylic acid groups (broad SMARTS) is 1. The molecule has 0 unspecified atom stereocenters. The van der Waals surface area contributed by atoms with Crippen molar-refractivity contribution in [2.24, 2.45) is 0 Å². The molecule has 0 spiro atoms. The smallest absolute Gasteiger partial charge is 0.337 e. The van der Waals surface area contributed by atoms with Crippen LogP contribution in [0.15, 0.2) is 78.9 Å². The number of hydrogen-bond acceptors (Lipinski definition) is 5. The molecule has 0 atom stereocenters. The Morgan fingerprint density at radius 2 is 1.63 bits per heavy atom. The third kappa shape index (κ3) is 5.79. The molecule has 0 saturated carbocycles. The molecule has 0 bridgehead atoms. The number of benzene rings is 3. The zero-order valence-electron chi connectivity index (χ0n) is 19.9. The number of aromatic nitrogens is 1. The summed E-state index contributed by atoms with van der Waals surface area (Å²) in [5, 5.41) is 9.73. The number of rotatable bonds is 9. The zero-order valence-corrected chi connectivity index (χ0v) is 19.9. The van der Waals surface area contributed by atoms with Crippen molar-refractivity contribution in [2.75, 3.05) is 7.11 Å². The summed E-state index contributed by atoms with van der Waals surface area (Å²) in [7, 11) is 1.59. The molecular formula is C29H27NO5. The average Bonchev–Trinajstić information content (AvgIpc) is 2.88. The Balaban J connectivity index is 1.68. The Morgan fingerprint density at radius 3 is 2.37 bits per heavy atom. The van der Waals surface area contributed by atoms with Crippen molar-refractivity contribution in [1.29, 1.82) is 0 Å². The first-order valence-electron chi connectivity index (χ1n) is 11.2. The lowest BCUT2D eigenvalue weighted by Crippen LogP contribution is -2.09. The number of hydrogen-bond donors (Lipinski definition) is 1. The van der Waals surface area contributed by atoms with Crippen LogP contribution in [0.2, 0.25) is 0 Å². The van der Waals surface area contributed by atoms with Gasteiger partial charge in [0, 0.05) is 5.56 Å². The lowest BCUT2D eigenvalue weighted by Gasteiger charge is -2.15. The van der Waals surface area contributed by atoms with Crippen LogP contribution >= 0.6 is 0 Å². The lowest BCUT2D eigenvalue weighted by atomic mass is 10.1. The summed E-state index contributed by atoms with van der Waals surface area (Å²) in [4.78, 5) is 16.6. The molecular weight excluding hydrogens is 442 g/mol. The van der Waals surface area contributed by atoms with Crippen molar-refractivity contribution < 1.29 is 24.1 Å². The molecule has 178 valence electrons. The van der Waals surface area contributed by atoms with E-state index in [1.165, 1.54) is 0 Å². The minimum absolute atomic E-state index is 0.0178. The van der Waals surface area contributed by atoms with Gasteiger partial charge in [-0.1, -0.05) is 42.5 Å². The lowest BCUT2D eigenvalue weighted by molar-refractivity contribution is 0.0693. The van der Waals surface area contributed by atoms with Gasteiger partial charge in [-0.15, -0.1) is 0 Å². The second-order valence-electron chi connectivity index (χ2n) is 8.19. The number of nitrogens with zero attached hydrogens (tertiary/aromatic N) is 1. The number of aromatic carboxylic acids is 1. The van der Waals surface area contributed by atoms with Crippen LogP contribution in [0.5, 0.6) is 17.2 Å². The van der Waals surface area contributed by atoms with E-state index in [1.54, 1.807) is 19.2 Å². The van der Waals surface area contributed by atoms with Gasteiger partial charge in [0.2, 0.25) is 0 Å². The van der Waals surface area contributed by atoms with E-state index in [0.717, 1.165) is 16.7 Å². The number of carbonyl (C=O) groups is 1. The molecule has 0 amide bonds. The van der Waals surface area contributed by atoms with Crippen molar-refractivity contribution in [3.63, 3.8) is 0 Å². The van der Waals surface area contributed by atoms with Crippen LogP contribution in [0, 0.1) is 13.8 Å². The zero-order chi connectivity index (χ0) is 24.8. The standard InChI is InChI=1S/C29H27NO5/c1-19-9-10-20(2)28(15-19)35-18-26-23(29(31)32)12-13-25(30-26)24-16-22(33-3)11-14-27(24)34-17-21-7-5-4-6-8-21/h4-16H,17-18H2,1-3H3,(H,31,32). The van der Waals surface area contributed by atoms with Gasteiger partial charge in [-0.3, -0.25) is 0 Å². The van der Waals surface area contributed by atoms with Crippen molar-refractivity contribution >= 4 is 5.97 Å². The monoisotopic (exact) mass is 469 g/mol. The SMILES string of the molecule is COc1ccc(OCc2ccccc2)c(-c2ccc(C(=O)O)c(COc3cc(C)ccc3C)n2)c1. The van der Waals surface area contributed by atoms with Gasteiger partial charge in [0.15, 0.2) is 0 Å². The van der Waals surface area contributed by atoms with E-state index in [2.05, 4.69) is 4.98 Å². The van der Waals surface area contributed by atoms with Crippen LogP contribution in [-0.2, 0) is 13.2 Å². The van der Waals surface area contributed by atoms with Gasteiger partial charge < -0.3 is 19.3 Å². The predicted octanol–water partition coefficient (Wildman–Crippen LogP) is 6.23. The molecule has 6 heteroatoms. The molecule has 1 N–H and O–H groups in total. The minimum atomic E-state index is -1.06. The highest BCUT2D eigenvalue weighted by atomic mass is 16.5. The molecule has 4 rings (SSSR count). The number of methoxy groups -OCH3 is 1. The van der Waals surface area contributed by atoms with Gasteiger partial charge in [0.25, 0.3) is 0 Å². The summed E-state index contributed by atoms with van der Waals surface area (Å²) >= 11 is 0. The molecule has 4 aromatic rings. The topological polar surface area (TPSA) is 77.9 Å². The first kappa shape index (κ1) is 23.8. The van der Waals surface area contributed by atoms with E-state index in [4.69, 9.17) is 14.2 Å². The first-order chi connectivity index (χ1) is 16.9. The molecule has 0 aliphatic rings. The maximum absolute atomic E-state index is 11.9. The highest BCUT2D eigenvalue weighted by Crippen LogP contribution is 2.34. The average molecular weight is 470 g/mol. The van der Waals surface area contributed by atoms with E-state index < -0.39 is 5.97 Å². The molecule has 3 aromatic carbocycles. The second-order valence-corrected chi connectivity index (χ2v) is 8.19. The minimum Gasteiger partial charge on any atom is -0.497 e. The van der Waals surface area contributed by atoms with Crippen LogP contribution < -0.4 is 14.2 Å². The van der Waals surface area contributed by atoms with Crippen molar-refractivity contribution in [2.45, 2.75) is 27.1 Å². The maximum atomic E-state index is 11.9. The van der Waals surface area contributed by atoms with Crippen LogP contribution in [0.25, 0.3) is 11.3 Å². The van der Waals surface area contributed by atoms with E-state index in [0.29, 0.717) is 40.8 Å². The Kier molecular flexibility index (Phi) is 7.31. The van der Waals surface area contributed by atoms with Gasteiger partial charge in [0.1, 0.15) is 30.5 Å². The molecule has 1 aromatic heterocycles. The normalized spacial score (nSPS) is 10.6. The summed E-state index contributed by atoms with van der Waals surface area (Å²) in [6, 6.07) is 24.5. The van der Waals surface area contributed by atoms with E-state index >= 15 is 0 Å². The van der Waals surface area contributed by atoms with Crippen molar-refractivity contribution in [3.05, 3.63) is 107 Å². The van der Waals surface area contributed by atoms with Gasteiger partial charge in [-0.05, 0) is 66.9 Å². The van der Waals surface area contributed by atoms with Gasteiger partial charge in [-0.2, -0.15) is 0 Å². The fourth-order valence-corrected chi connectivity index (χ4v) is 3.66. The van der Waals surface area contributed by atoms with Crippen molar-refractivity contribution in [1.82, 2.24) is 4.98 Å². The van der Waals surface area contributed by atoms with Gasteiger partial charge in [0.05, 0.1) is 24.1 Å². The number of ether oxygens (including phenoxy) is 3. The van der Waals surface area contributed by atoms with Crippen molar-refractivity contribution in [3.8, 4) is 28.5 Å². The molecule has 0 aliphatic heterocycles. The fourth-order valence-electron chi connectivity index (χ4n) is 3.66. The maximum Gasteiger partial charge on any atom is 0.337 e. The Hall–Kier alpha value is -4.32. The Labute approximate surface area is 204 Å². The largest absolute Gasteiger partial charge is 0.497 e. The fraction of sp³-hybridized carbons (Fsp3) is 0.172. The molecule has 35 heavy (non-hydrogen) atoms. The number of pyridine rings is 1. The quantitative estimate of drug-likeness (QED) is 0.313. The van der Waals surface area contributed by atoms with E-state index in [1.807, 2.05) is 80.6 Å². The third-order valence-electron chi connectivity index (χ3n) is 5.61. The van der Waals surface area contributed by atoms with Crippen LogP contribution in [-0.4, -0.2) is 23.2 Å². The summed E-state index contributed by atoms with van der Waals surface area (Å²) in [6.07, 6.45) is 0. The Morgan fingerprint density at radius 1 is 0.857 bits per heavy atom. The molecule has 1 heterocycles. The summed E-state index contributed by atoms with van der Waals surface area (Å²) in [5.74, 6) is 0.896. The van der Waals surface area contributed by atoms with Crippen LogP contribution in [0.1, 0.15) is 32.7 Å². The summed E-state index contributed by atoms with van der Waals surface area (Å²) < 4.78 is 17.5. The molecule has 0 saturated heterocycles. The first-order valence-corrected chi connectivity index (χ1v) is 11.2.